The van der Waals surface area contributed by atoms with Crippen molar-refractivity contribution >= 4 is 0 Å². The van der Waals surface area contributed by atoms with Crippen LogP contribution in [0.5, 0.6) is 0 Å². The van der Waals surface area contributed by atoms with Gasteiger partial charge in [-0.1, -0.05) is 33.1 Å². The molecule has 2 N–H and O–H groups in total. The minimum absolute atomic E-state index is 0.198. The van der Waals surface area contributed by atoms with Crippen LogP contribution in [0.4, 0.5) is 0 Å². The molecule has 0 radical (unpaired) electrons. The molecule has 1 saturated carbocycles. The van der Waals surface area contributed by atoms with Crippen LogP contribution in [0.15, 0.2) is 0 Å². The first-order valence-corrected chi connectivity index (χ1v) is 6.52. The van der Waals surface area contributed by atoms with Gasteiger partial charge in [-0.2, -0.15) is 0 Å². The van der Waals surface area contributed by atoms with Crippen molar-refractivity contribution in [3.05, 3.63) is 0 Å². The average Bonchev–Trinajstić information content (AvgIpc) is 2.26. The van der Waals surface area contributed by atoms with Crippen LogP contribution in [-0.4, -0.2) is 23.8 Å². The van der Waals surface area contributed by atoms with Crippen molar-refractivity contribution in [3.63, 3.8) is 0 Å². The average molecular weight is 213 g/mol. The lowest BCUT2D eigenvalue weighted by Crippen LogP contribution is -2.40. The third-order valence-corrected chi connectivity index (χ3v) is 3.78. The van der Waals surface area contributed by atoms with Gasteiger partial charge in [0.25, 0.3) is 0 Å². The minimum Gasteiger partial charge on any atom is -0.392 e. The number of aliphatic hydroxyl groups excluding tert-OH is 1. The summed E-state index contributed by atoms with van der Waals surface area (Å²) in [7, 11) is 0. The molecule has 1 rings (SSSR count). The van der Waals surface area contributed by atoms with Crippen molar-refractivity contribution in [2.45, 2.75) is 65.0 Å². The fraction of sp³-hybridized carbons (Fsp3) is 1.00. The molecule has 1 aliphatic rings. The van der Waals surface area contributed by atoms with Gasteiger partial charge in [0.1, 0.15) is 0 Å². The Hall–Kier alpha value is -0.0800. The second-order valence-corrected chi connectivity index (χ2v) is 5.41. The summed E-state index contributed by atoms with van der Waals surface area (Å²) in [5, 5.41) is 13.2. The SMILES string of the molecule is CC(C)C(O)CNC(C)C1CCCCC1. The molecule has 0 aliphatic heterocycles. The molecule has 0 spiro atoms. The zero-order valence-corrected chi connectivity index (χ0v) is 10.5. The Kier molecular flexibility index (Phi) is 5.62. The van der Waals surface area contributed by atoms with Crippen LogP contribution in [0.1, 0.15) is 52.9 Å². The van der Waals surface area contributed by atoms with Crippen LogP contribution in [0, 0.1) is 11.8 Å². The zero-order chi connectivity index (χ0) is 11.3. The number of nitrogens with one attached hydrogen (secondary N) is 1. The van der Waals surface area contributed by atoms with E-state index in [1.165, 1.54) is 32.1 Å². The van der Waals surface area contributed by atoms with Gasteiger partial charge >= 0.3 is 0 Å². The van der Waals surface area contributed by atoms with Gasteiger partial charge in [-0.05, 0) is 31.6 Å². The summed E-state index contributed by atoms with van der Waals surface area (Å²) < 4.78 is 0. The van der Waals surface area contributed by atoms with Gasteiger partial charge in [0.2, 0.25) is 0 Å². The molecule has 2 atom stereocenters. The maximum Gasteiger partial charge on any atom is 0.0687 e. The van der Waals surface area contributed by atoms with Gasteiger partial charge in [0, 0.05) is 12.6 Å². The molecule has 0 amide bonds. The smallest absolute Gasteiger partial charge is 0.0687 e. The van der Waals surface area contributed by atoms with E-state index in [1.54, 1.807) is 0 Å². The topological polar surface area (TPSA) is 32.3 Å². The molecule has 15 heavy (non-hydrogen) atoms. The summed E-state index contributed by atoms with van der Waals surface area (Å²) >= 11 is 0. The van der Waals surface area contributed by atoms with Gasteiger partial charge < -0.3 is 10.4 Å². The Morgan fingerprint density at radius 3 is 2.27 bits per heavy atom. The molecule has 0 heterocycles. The molecular formula is C13H27NO. The number of hydrogen-bond donors (Lipinski definition) is 2. The summed E-state index contributed by atoms with van der Waals surface area (Å²) in [4.78, 5) is 0. The number of rotatable bonds is 5. The van der Waals surface area contributed by atoms with Gasteiger partial charge in [0.05, 0.1) is 6.10 Å². The first kappa shape index (κ1) is 13.0. The molecule has 0 saturated heterocycles. The Bertz CT molecular complexity index is 164. The van der Waals surface area contributed by atoms with Gasteiger partial charge in [-0.3, -0.25) is 0 Å². The molecule has 90 valence electrons. The fourth-order valence-electron chi connectivity index (χ4n) is 2.34. The standard InChI is InChI=1S/C13H27NO/c1-10(2)13(15)9-14-11(3)12-7-5-4-6-8-12/h10-15H,4-9H2,1-3H3. The highest BCUT2D eigenvalue weighted by Crippen LogP contribution is 2.26. The fourth-order valence-corrected chi connectivity index (χ4v) is 2.34. The highest BCUT2D eigenvalue weighted by molar-refractivity contribution is 4.77. The van der Waals surface area contributed by atoms with E-state index in [0.717, 1.165) is 12.5 Å². The number of aliphatic hydroxyl groups is 1. The molecule has 2 nitrogen and oxygen atoms in total. The van der Waals surface area contributed by atoms with E-state index in [1.807, 2.05) is 0 Å². The molecule has 2 heteroatoms. The molecule has 1 fully saturated rings. The van der Waals surface area contributed by atoms with Crippen molar-refractivity contribution in [1.29, 1.82) is 0 Å². The van der Waals surface area contributed by atoms with Crippen molar-refractivity contribution in [1.82, 2.24) is 5.32 Å². The summed E-state index contributed by atoms with van der Waals surface area (Å²) in [6, 6.07) is 0.568. The van der Waals surface area contributed by atoms with E-state index in [9.17, 15) is 5.11 Å². The molecular weight excluding hydrogens is 186 g/mol. The quantitative estimate of drug-likeness (QED) is 0.735. The third-order valence-electron chi connectivity index (χ3n) is 3.78. The molecule has 2 unspecified atom stereocenters. The Morgan fingerprint density at radius 2 is 1.73 bits per heavy atom. The second-order valence-electron chi connectivity index (χ2n) is 5.41. The lowest BCUT2D eigenvalue weighted by molar-refractivity contribution is 0.115. The van der Waals surface area contributed by atoms with Gasteiger partial charge in [-0.25, -0.2) is 0 Å². The molecule has 1 aliphatic carbocycles. The predicted molar refractivity (Wildman–Crippen MR) is 64.9 cm³/mol. The predicted octanol–water partition coefficient (Wildman–Crippen LogP) is 2.56. The highest BCUT2D eigenvalue weighted by atomic mass is 16.3. The second kappa shape index (κ2) is 6.49. The largest absolute Gasteiger partial charge is 0.392 e. The van der Waals surface area contributed by atoms with Crippen molar-refractivity contribution in [2.75, 3.05) is 6.54 Å². The number of hydrogen-bond acceptors (Lipinski definition) is 2. The van der Waals surface area contributed by atoms with Crippen LogP contribution in [-0.2, 0) is 0 Å². The van der Waals surface area contributed by atoms with E-state index in [4.69, 9.17) is 0 Å². The Balaban J connectivity index is 2.19. The highest BCUT2D eigenvalue weighted by Gasteiger charge is 2.20. The first-order chi connectivity index (χ1) is 7.11. The first-order valence-electron chi connectivity index (χ1n) is 6.52. The van der Waals surface area contributed by atoms with E-state index in [0.29, 0.717) is 12.0 Å². The maximum atomic E-state index is 9.71. The lowest BCUT2D eigenvalue weighted by atomic mass is 9.84. The summed E-state index contributed by atoms with van der Waals surface area (Å²) in [6.45, 7) is 7.15. The monoisotopic (exact) mass is 213 g/mol. The molecule has 0 bridgehead atoms. The van der Waals surface area contributed by atoms with E-state index in [2.05, 4.69) is 26.1 Å². The maximum absolute atomic E-state index is 9.71. The van der Waals surface area contributed by atoms with Crippen LogP contribution in [0.2, 0.25) is 0 Å². The third kappa shape index (κ3) is 4.52. The molecule has 0 aromatic rings. The van der Waals surface area contributed by atoms with Gasteiger partial charge in [-0.15, -0.1) is 0 Å². The van der Waals surface area contributed by atoms with E-state index >= 15 is 0 Å². The van der Waals surface area contributed by atoms with E-state index in [-0.39, 0.29) is 6.10 Å². The van der Waals surface area contributed by atoms with Crippen molar-refractivity contribution in [3.8, 4) is 0 Å². The normalized spacial score (nSPS) is 23.0. The Labute approximate surface area is 94.5 Å². The molecule has 0 aromatic carbocycles. The molecule has 0 aromatic heterocycles. The van der Waals surface area contributed by atoms with Crippen molar-refractivity contribution < 1.29 is 5.11 Å². The van der Waals surface area contributed by atoms with Crippen LogP contribution < -0.4 is 5.32 Å². The van der Waals surface area contributed by atoms with Crippen molar-refractivity contribution in [2.24, 2.45) is 11.8 Å². The zero-order valence-electron chi connectivity index (χ0n) is 10.5. The van der Waals surface area contributed by atoms with Crippen LogP contribution in [0.25, 0.3) is 0 Å². The summed E-state index contributed by atoms with van der Waals surface area (Å²) in [6.07, 6.45) is 6.73. The van der Waals surface area contributed by atoms with Crippen LogP contribution in [0.3, 0.4) is 0 Å². The van der Waals surface area contributed by atoms with Gasteiger partial charge in [0.15, 0.2) is 0 Å². The Morgan fingerprint density at radius 1 is 1.13 bits per heavy atom. The lowest BCUT2D eigenvalue weighted by Gasteiger charge is -2.29. The van der Waals surface area contributed by atoms with Crippen LogP contribution >= 0.6 is 0 Å². The van der Waals surface area contributed by atoms with E-state index < -0.39 is 0 Å². The minimum atomic E-state index is -0.198. The summed E-state index contributed by atoms with van der Waals surface area (Å²) in [5.74, 6) is 1.19. The summed E-state index contributed by atoms with van der Waals surface area (Å²) in [5.41, 5.74) is 0.